The quantitative estimate of drug-likeness (QED) is 0.819. The van der Waals surface area contributed by atoms with Crippen LogP contribution in [0.3, 0.4) is 0 Å². The van der Waals surface area contributed by atoms with Crippen molar-refractivity contribution in [3.63, 3.8) is 0 Å². The Morgan fingerprint density at radius 2 is 1.78 bits per heavy atom. The molecule has 0 fully saturated rings. The minimum Gasteiger partial charge on any atom is -0.495 e. The first-order valence-electron chi connectivity index (χ1n) is 8.46. The van der Waals surface area contributed by atoms with Gasteiger partial charge in [0.25, 0.3) is 0 Å². The fourth-order valence-corrected chi connectivity index (χ4v) is 3.13. The first kappa shape index (κ1) is 18.7. The first-order chi connectivity index (χ1) is 12.9. The summed E-state index contributed by atoms with van der Waals surface area (Å²) < 4.78 is 10.1. The summed E-state index contributed by atoms with van der Waals surface area (Å²) >= 11 is 0. The lowest BCUT2D eigenvalue weighted by Crippen LogP contribution is -2.51. The van der Waals surface area contributed by atoms with Crippen LogP contribution in [0.15, 0.2) is 54.6 Å². The molecule has 0 saturated heterocycles. The van der Waals surface area contributed by atoms with Crippen molar-refractivity contribution in [2.24, 2.45) is 0 Å². The predicted molar refractivity (Wildman–Crippen MR) is 101 cm³/mol. The van der Waals surface area contributed by atoms with Crippen molar-refractivity contribution in [3.8, 4) is 5.75 Å². The van der Waals surface area contributed by atoms with Crippen LogP contribution in [0.4, 0.5) is 5.69 Å². The van der Waals surface area contributed by atoms with Gasteiger partial charge in [0, 0.05) is 6.08 Å². The van der Waals surface area contributed by atoms with E-state index < -0.39 is 23.9 Å². The Morgan fingerprint density at radius 3 is 2.41 bits per heavy atom. The SMILES string of the molecule is COC(=O)C[C@@]1(O)C(=O)C=C(c2ccc(C)cc2)N1c1ccccc1OC. The van der Waals surface area contributed by atoms with Crippen molar-refractivity contribution in [3.05, 3.63) is 65.7 Å². The van der Waals surface area contributed by atoms with Gasteiger partial charge in [-0.05, 0) is 24.6 Å². The lowest BCUT2D eigenvalue weighted by molar-refractivity contribution is -0.150. The summed E-state index contributed by atoms with van der Waals surface area (Å²) in [6, 6.07) is 14.6. The van der Waals surface area contributed by atoms with E-state index >= 15 is 0 Å². The van der Waals surface area contributed by atoms with Crippen molar-refractivity contribution in [1.82, 2.24) is 0 Å². The number of hydrogen-bond acceptors (Lipinski definition) is 6. The Kier molecular flexibility index (Phi) is 5.01. The van der Waals surface area contributed by atoms with E-state index in [0.29, 0.717) is 17.1 Å². The number of aryl methyl sites for hydroxylation is 1. The first-order valence-corrected chi connectivity index (χ1v) is 8.46. The Labute approximate surface area is 157 Å². The smallest absolute Gasteiger partial charge is 0.310 e. The summed E-state index contributed by atoms with van der Waals surface area (Å²) in [6.07, 6.45) is 0.840. The van der Waals surface area contributed by atoms with Gasteiger partial charge in [0.15, 0.2) is 0 Å². The summed E-state index contributed by atoms with van der Waals surface area (Å²) in [4.78, 5) is 26.1. The molecule has 0 bridgehead atoms. The molecule has 6 heteroatoms. The van der Waals surface area contributed by atoms with Gasteiger partial charge in [-0.1, -0.05) is 42.0 Å². The molecule has 1 atom stereocenters. The van der Waals surface area contributed by atoms with Crippen molar-refractivity contribution in [1.29, 1.82) is 0 Å². The molecule has 0 spiro atoms. The van der Waals surface area contributed by atoms with Crippen LogP contribution in [0, 0.1) is 6.92 Å². The maximum absolute atomic E-state index is 12.8. The second-order valence-corrected chi connectivity index (χ2v) is 6.34. The van der Waals surface area contributed by atoms with Gasteiger partial charge in [-0.15, -0.1) is 0 Å². The largest absolute Gasteiger partial charge is 0.495 e. The molecule has 1 aliphatic rings. The van der Waals surface area contributed by atoms with Crippen LogP contribution in [0.1, 0.15) is 17.5 Å². The molecular weight excluding hydrogens is 346 g/mol. The highest BCUT2D eigenvalue weighted by molar-refractivity contribution is 6.14. The molecule has 1 heterocycles. The number of anilines is 1. The standard InChI is InChI=1S/C21H21NO5/c1-14-8-10-15(11-9-14)17-12-19(23)21(25,13-20(24)27-3)22(17)16-6-4-5-7-18(16)26-2/h4-12,25H,13H2,1-3H3/t21-/m1/s1. The molecule has 3 rings (SSSR count). The molecule has 2 aromatic rings. The number of carbonyl (C=O) groups is 2. The van der Waals surface area contributed by atoms with Gasteiger partial charge in [0.05, 0.1) is 25.6 Å². The van der Waals surface area contributed by atoms with Crippen molar-refractivity contribution in [2.45, 2.75) is 19.1 Å². The zero-order valence-electron chi connectivity index (χ0n) is 15.4. The molecule has 1 aliphatic heterocycles. The number of rotatable bonds is 5. The number of benzene rings is 2. The molecule has 1 N–H and O–H groups in total. The van der Waals surface area contributed by atoms with Crippen LogP contribution in [0.2, 0.25) is 0 Å². The molecular formula is C21H21NO5. The van der Waals surface area contributed by atoms with Gasteiger partial charge in [0.1, 0.15) is 12.2 Å². The third-order valence-corrected chi connectivity index (χ3v) is 4.57. The average molecular weight is 367 g/mol. The zero-order chi connectivity index (χ0) is 19.6. The van der Waals surface area contributed by atoms with Crippen LogP contribution in [-0.2, 0) is 14.3 Å². The fraction of sp³-hybridized carbons (Fsp3) is 0.238. The maximum atomic E-state index is 12.8. The number of methoxy groups -OCH3 is 2. The number of para-hydroxylation sites is 2. The van der Waals surface area contributed by atoms with Gasteiger partial charge in [-0.25, -0.2) is 0 Å². The number of ether oxygens (including phenoxy) is 2. The van der Waals surface area contributed by atoms with E-state index in [4.69, 9.17) is 9.47 Å². The molecule has 6 nitrogen and oxygen atoms in total. The van der Waals surface area contributed by atoms with Crippen LogP contribution in [0.25, 0.3) is 5.70 Å². The molecule has 0 radical (unpaired) electrons. The van der Waals surface area contributed by atoms with E-state index in [9.17, 15) is 14.7 Å². The topological polar surface area (TPSA) is 76.1 Å². The minimum absolute atomic E-state index is 0.466. The number of nitrogens with zero attached hydrogens (tertiary/aromatic N) is 1. The van der Waals surface area contributed by atoms with Crippen LogP contribution < -0.4 is 9.64 Å². The second-order valence-electron chi connectivity index (χ2n) is 6.34. The molecule has 0 amide bonds. The molecule has 140 valence electrons. The van der Waals surface area contributed by atoms with Crippen molar-refractivity contribution >= 4 is 23.1 Å². The lowest BCUT2D eigenvalue weighted by Gasteiger charge is -2.36. The van der Waals surface area contributed by atoms with Crippen molar-refractivity contribution < 1.29 is 24.2 Å². The van der Waals surface area contributed by atoms with E-state index in [1.807, 2.05) is 31.2 Å². The van der Waals surface area contributed by atoms with E-state index in [1.165, 1.54) is 25.2 Å². The summed E-state index contributed by atoms with van der Waals surface area (Å²) in [5.74, 6) is -0.813. The normalized spacial score (nSPS) is 19.0. The Bertz CT molecular complexity index is 903. The molecule has 0 aromatic heterocycles. The van der Waals surface area contributed by atoms with E-state index in [-0.39, 0.29) is 0 Å². The molecule has 2 aromatic carbocycles. The van der Waals surface area contributed by atoms with Gasteiger partial charge < -0.3 is 19.5 Å². The summed E-state index contributed by atoms with van der Waals surface area (Å²) in [7, 11) is 2.72. The van der Waals surface area contributed by atoms with Crippen molar-refractivity contribution in [2.75, 3.05) is 19.1 Å². The van der Waals surface area contributed by atoms with E-state index in [2.05, 4.69) is 0 Å². The minimum atomic E-state index is -2.10. The highest BCUT2D eigenvalue weighted by Crippen LogP contribution is 2.44. The molecule has 27 heavy (non-hydrogen) atoms. The maximum Gasteiger partial charge on any atom is 0.310 e. The van der Waals surface area contributed by atoms with Gasteiger partial charge in [0.2, 0.25) is 11.5 Å². The highest BCUT2D eigenvalue weighted by atomic mass is 16.5. The molecule has 0 unspecified atom stereocenters. The molecule has 0 saturated carbocycles. The monoisotopic (exact) mass is 367 g/mol. The van der Waals surface area contributed by atoms with E-state index in [1.54, 1.807) is 24.3 Å². The number of esters is 1. The number of hydrogen-bond donors (Lipinski definition) is 1. The average Bonchev–Trinajstić information content (AvgIpc) is 2.92. The van der Waals surface area contributed by atoms with E-state index in [0.717, 1.165) is 11.1 Å². The number of carbonyl (C=O) groups excluding carboxylic acids is 2. The summed E-state index contributed by atoms with van der Waals surface area (Å²) in [6.45, 7) is 1.96. The molecule has 0 aliphatic carbocycles. The highest BCUT2D eigenvalue weighted by Gasteiger charge is 2.50. The summed E-state index contributed by atoms with van der Waals surface area (Å²) in [5.41, 5.74) is 0.667. The van der Waals surface area contributed by atoms with Crippen LogP contribution in [0.5, 0.6) is 5.75 Å². The van der Waals surface area contributed by atoms with Gasteiger partial charge in [-0.2, -0.15) is 0 Å². The Morgan fingerprint density at radius 1 is 1.11 bits per heavy atom. The van der Waals surface area contributed by atoms with Gasteiger partial charge >= 0.3 is 5.97 Å². The van der Waals surface area contributed by atoms with Gasteiger partial charge in [-0.3, -0.25) is 9.59 Å². The summed E-state index contributed by atoms with van der Waals surface area (Å²) in [5, 5.41) is 11.2. The lowest BCUT2D eigenvalue weighted by atomic mass is 10.0. The van der Waals surface area contributed by atoms with Crippen LogP contribution >= 0.6 is 0 Å². The zero-order valence-corrected chi connectivity index (χ0v) is 15.4. The second kappa shape index (κ2) is 7.25. The fourth-order valence-electron chi connectivity index (χ4n) is 3.13. The number of ketones is 1. The Hall–Kier alpha value is -3.12. The Balaban J connectivity index is 2.17. The third-order valence-electron chi connectivity index (χ3n) is 4.57. The predicted octanol–water partition coefficient (Wildman–Crippen LogP) is 2.69. The van der Waals surface area contributed by atoms with Crippen LogP contribution in [-0.4, -0.2) is 36.8 Å². The third kappa shape index (κ3) is 3.31. The number of aliphatic hydroxyl groups is 1.